The first-order valence-electron chi connectivity index (χ1n) is 5.17. The van der Waals surface area contributed by atoms with Crippen molar-refractivity contribution in [2.45, 2.75) is 13.5 Å². The quantitative estimate of drug-likeness (QED) is 0.770. The summed E-state index contributed by atoms with van der Waals surface area (Å²) >= 11 is 0. The summed E-state index contributed by atoms with van der Waals surface area (Å²) in [7, 11) is 0. The van der Waals surface area contributed by atoms with Crippen LogP contribution in [0.1, 0.15) is 12.5 Å². The molecule has 2 N–H and O–H groups in total. The molecule has 1 aromatic heterocycles. The number of phenols is 1. The maximum absolute atomic E-state index is 11.3. The van der Waals surface area contributed by atoms with Crippen molar-refractivity contribution < 1.29 is 9.52 Å². The minimum absolute atomic E-state index is 0.0938. The van der Waals surface area contributed by atoms with Gasteiger partial charge in [-0.15, -0.1) is 0 Å². The van der Waals surface area contributed by atoms with Gasteiger partial charge in [-0.3, -0.25) is 0 Å². The molecule has 2 rings (SSSR count). The van der Waals surface area contributed by atoms with Crippen LogP contribution in [-0.4, -0.2) is 11.7 Å². The Kier molecular flexibility index (Phi) is 2.92. The second kappa shape index (κ2) is 4.37. The minimum atomic E-state index is -0.397. The van der Waals surface area contributed by atoms with Crippen LogP contribution in [0.3, 0.4) is 0 Å². The summed E-state index contributed by atoms with van der Waals surface area (Å²) in [6, 6.07) is 6.26. The average Bonchev–Trinajstić information content (AvgIpc) is 2.25. The van der Waals surface area contributed by atoms with Crippen molar-refractivity contribution in [1.29, 1.82) is 0 Å². The summed E-state index contributed by atoms with van der Waals surface area (Å²) in [6.07, 6.45) is 0. The predicted octanol–water partition coefficient (Wildman–Crippen LogP) is 1.61. The fraction of sp³-hybridized carbons (Fsp3) is 0.250. The molecular formula is C12H13NO3. The smallest absolute Gasteiger partial charge is 0.336 e. The molecule has 84 valence electrons. The van der Waals surface area contributed by atoms with Crippen LogP contribution in [0.4, 0.5) is 0 Å². The van der Waals surface area contributed by atoms with Crippen molar-refractivity contribution in [3.05, 3.63) is 40.2 Å². The van der Waals surface area contributed by atoms with E-state index in [9.17, 15) is 9.90 Å². The molecule has 4 heteroatoms. The van der Waals surface area contributed by atoms with E-state index in [0.29, 0.717) is 12.1 Å². The predicted molar refractivity (Wildman–Crippen MR) is 61.5 cm³/mol. The molecule has 0 amide bonds. The van der Waals surface area contributed by atoms with Gasteiger partial charge in [0.25, 0.3) is 0 Å². The largest absolute Gasteiger partial charge is 0.508 e. The van der Waals surface area contributed by atoms with Crippen molar-refractivity contribution in [2.75, 3.05) is 6.54 Å². The minimum Gasteiger partial charge on any atom is -0.508 e. The Labute approximate surface area is 92.5 Å². The molecular weight excluding hydrogens is 206 g/mol. The van der Waals surface area contributed by atoms with Gasteiger partial charge in [-0.1, -0.05) is 6.92 Å². The Bertz CT molecular complexity index is 560. The lowest BCUT2D eigenvalue weighted by Gasteiger charge is -2.05. The van der Waals surface area contributed by atoms with Gasteiger partial charge >= 0.3 is 5.63 Å². The van der Waals surface area contributed by atoms with E-state index < -0.39 is 5.63 Å². The Morgan fingerprint density at radius 2 is 2.19 bits per heavy atom. The van der Waals surface area contributed by atoms with E-state index in [0.717, 1.165) is 17.5 Å². The van der Waals surface area contributed by atoms with Crippen LogP contribution in [0.15, 0.2) is 33.5 Å². The summed E-state index contributed by atoms with van der Waals surface area (Å²) in [5.41, 5.74) is 0.902. The normalized spacial score (nSPS) is 10.8. The molecule has 4 nitrogen and oxygen atoms in total. The van der Waals surface area contributed by atoms with E-state index in [1.54, 1.807) is 12.1 Å². The monoisotopic (exact) mass is 219 g/mol. The van der Waals surface area contributed by atoms with E-state index >= 15 is 0 Å². The highest BCUT2D eigenvalue weighted by molar-refractivity contribution is 5.81. The maximum Gasteiger partial charge on any atom is 0.336 e. The molecule has 2 aromatic rings. The lowest BCUT2D eigenvalue weighted by atomic mass is 10.1. The molecule has 0 unspecified atom stereocenters. The molecule has 0 aliphatic rings. The molecule has 0 spiro atoms. The van der Waals surface area contributed by atoms with Gasteiger partial charge in [0, 0.05) is 24.1 Å². The SMILES string of the molecule is CCNCc1cc(=O)oc2cc(O)ccc12. The number of hydrogen-bond acceptors (Lipinski definition) is 4. The number of phenolic OH excluding ortho intramolecular Hbond substituents is 1. The molecule has 0 aliphatic carbocycles. The molecule has 0 saturated heterocycles. The highest BCUT2D eigenvalue weighted by atomic mass is 16.4. The molecule has 1 aromatic carbocycles. The van der Waals surface area contributed by atoms with E-state index in [-0.39, 0.29) is 5.75 Å². The van der Waals surface area contributed by atoms with E-state index in [1.165, 1.54) is 12.1 Å². The Balaban J connectivity index is 2.58. The van der Waals surface area contributed by atoms with Gasteiger partial charge in [-0.05, 0) is 24.2 Å². The Hall–Kier alpha value is -1.81. The number of benzene rings is 1. The Morgan fingerprint density at radius 3 is 2.94 bits per heavy atom. The van der Waals surface area contributed by atoms with Gasteiger partial charge in [0.05, 0.1) is 0 Å². The van der Waals surface area contributed by atoms with Crippen LogP contribution in [0.25, 0.3) is 11.0 Å². The molecule has 0 atom stereocenters. The summed E-state index contributed by atoms with van der Waals surface area (Å²) < 4.78 is 5.02. The lowest BCUT2D eigenvalue weighted by molar-refractivity contribution is 0.473. The van der Waals surface area contributed by atoms with Crippen molar-refractivity contribution in [3.8, 4) is 5.75 Å². The van der Waals surface area contributed by atoms with Crippen molar-refractivity contribution in [3.63, 3.8) is 0 Å². The van der Waals surface area contributed by atoms with Crippen molar-refractivity contribution >= 4 is 11.0 Å². The summed E-state index contributed by atoms with van der Waals surface area (Å²) in [4.78, 5) is 11.3. The number of fused-ring (bicyclic) bond motifs is 1. The molecule has 0 saturated carbocycles. The van der Waals surface area contributed by atoms with Crippen LogP contribution in [-0.2, 0) is 6.54 Å². The third-order valence-corrected chi connectivity index (χ3v) is 2.38. The van der Waals surface area contributed by atoms with Crippen LogP contribution in [0.5, 0.6) is 5.75 Å². The first-order valence-corrected chi connectivity index (χ1v) is 5.17. The third-order valence-electron chi connectivity index (χ3n) is 2.38. The zero-order valence-electron chi connectivity index (χ0n) is 8.99. The molecule has 0 aliphatic heterocycles. The van der Waals surface area contributed by atoms with E-state index in [2.05, 4.69) is 5.32 Å². The maximum atomic E-state index is 11.3. The zero-order valence-corrected chi connectivity index (χ0v) is 8.99. The topological polar surface area (TPSA) is 62.5 Å². The first-order chi connectivity index (χ1) is 7.70. The van der Waals surface area contributed by atoms with Gasteiger partial charge < -0.3 is 14.8 Å². The molecule has 0 radical (unpaired) electrons. The number of aromatic hydroxyl groups is 1. The van der Waals surface area contributed by atoms with Crippen LogP contribution >= 0.6 is 0 Å². The third kappa shape index (κ3) is 2.06. The fourth-order valence-electron chi connectivity index (χ4n) is 1.62. The van der Waals surface area contributed by atoms with Gasteiger partial charge in [0.15, 0.2) is 0 Å². The summed E-state index contributed by atoms with van der Waals surface area (Å²) in [6.45, 7) is 3.45. The molecule has 16 heavy (non-hydrogen) atoms. The second-order valence-corrected chi connectivity index (χ2v) is 3.55. The van der Waals surface area contributed by atoms with Gasteiger partial charge in [0.2, 0.25) is 0 Å². The fourth-order valence-corrected chi connectivity index (χ4v) is 1.62. The number of rotatable bonds is 3. The number of nitrogens with one attached hydrogen (secondary N) is 1. The molecule has 0 fully saturated rings. The number of hydrogen-bond donors (Lipinski definition) is 2. The van der Waals surface area contributed by atoms with Crippen molar-refractivity contribution in [2.24, 2.45) is 0 Å². The first kappa shape index (κ1) is 10.7. The lowest BCUT2D eigenvalue weighted by Crippen LogP contribution is -2.13. The van der Waals surface area contributed by atoms with Crippen LogP contribution in [0, 0.1) is 0 Å². The summed E-state index contributed by atoms with van der Waals surface area (Å²) in [5, 5.41) is 13.3. The average molecular weight is 219 g/mol. The Morgan fingerprint density at radius 1 is 1.38 bits per heavy atom. The highest BCUT2D eigenvalue weighted by Gasteiger charge is 2.05. The van der Waals surface area contributed by atoms with Gasteiger partial charge in [-0.25, -0.2) is 4.79 Å². The standard InChI is InChI=1S/C12H13NO3/c1-2-13-7-8-5-12(15)16-11-6-9(14)3-4-10(8)11/h3-6,13-14H,2,7H2,1H3. The van der Waals surface area contributed by atoms with Gasteiger partial charge in [0.1, 0.15) is 11.3 Å². The van der Waals surface area contributed by atoms with Crippen LogP contribution < -0.4 is 10.9 Å². The molecule has 0 bridgehead atoms. The van der Waals surface area contributed by atoms with E-state index in [1.807, 2.05) is 6.92 Å². The molecule has 1 heterocycles. The van der Waals surface area contributed by atoms with Crippen molar-refractivity contribution in [1.82, 2.24) is 5.32 Å². The van der Waals surface area contributed by atoms with Crippen LogP contribution in [0.2, 0.25) is 0 Å². The highest BCUT2D eigenvalue weighted by Crippen LogP contribution is 2.21. The van der Waals surface area contributed by atoms with Gasteiger partial charge in [-0.2, -0.15) is 0 Å². The zero-order chi connectivity index (χ0) is 11.5. The summed E-state index contributed by atoms with van der Waals surface area (Å²) in [5.74, 6) is 0.0938. The van der Waals surface area contributed by atoms with E-state index in [4.69, 9.17) is 4.42 Å². The second-order valence-electron chi connectivity index (χ2n) is 3.55.